The van der Waals surface area contributed by atoms with Crippen LogP contribution in [0.5, 0.6) is 0 Å². The van der Waals surface area contributed by atoms with Gasteiger partial charge in [-0.3, -0.25) is 9.78 Å². The summed E-state index contributed by atoms with van der Waals surface area (Å²) in [6, 6.07) is 16.9. The first-order valence-electron chi connectivity index (χ1n) is 16.1. The highest BCUT2D eigenvalue weighted by Crippen LogP contribution is 2.31. The summed E-state index contributed by atoms with van der Waals surface area (Å²) in [5.74, 6) is 1.64. The molecule has 0 saturated carbocycles. The Labute approximate surface area is 270 Å². The molecule has 0 atom stereocenters. The number of hydrogen-bond donors (Lipinski definition) is 3. The number of likely N-dealkylation sites (N-methyl/N-ethyl adjacent to an activating group) is 1. The summed E-state index contributed by atoms with van der Waals surface area (Å²) in [6.45, 7) is 7.55. The van der Waals surface area contributed by atoms with E-state index in [0.717, 1.165) is 76.8 Å². The number of benzene rings is 2. The minimum atomic E-state index is 0.0949. The van der Waals surface area contributed by atoms with E-state index >= 15 is 0 Å². The van der Waals surface area contributed by atoms with Crippen molar-refractivity contribution in [3.05, 3.63) is 89.8 Å². The molecule has 1 fully saturated rings. The maximum Gasteiger partial charge on any atom is 0.229 e. The van der Waals surface area contributed by atoms with Crippen molar-refractivity contribution in [3.63, 3.8) is 0 Å². The van der Waals surface area contributed by atoms with Crippen LogP contribution in [0.15, 0.2) is 73.1 Å². The third kappa shape index (κ3) is 7.24. The number of nitrogens with one attached hydrogen (secondary N) is 3. The summed E-state index contributed by atoms with van der Waals surface area (Å²) in [4.78, 5) is 29.2. The number of hydrogen-bond acceptors (Lipinski definition) is 9. The molecule has 3 N–H and O–H groups in total. The Hall–Kier alpha value is -4.67. The lowest BCUT2D eigenvalue weighted by atomic mass is 9.97. The van der Waals surface area contributed by atoms with E-state index in [9.17, 15) is 4.79 Å². The number of aromatic nitrogens is 5. The Morgan fingerprint density at radius 2 is 1.93 bits per heavy atom. The van der Waals surface area contributed by atoms with Gasteiger partial charge in [0.2, 0.25) is 11.9 Å². The maximum atomic E-state index is 12.5. The summed E-state index contributed by atoms with van der Waals surface area (Å²) < 4.78 is 1.81. The van der Waals surface area contributed by atoms with E-state index < -0.39 is 0 Å². The molecule has 0 unspecified atom stereocenters. The molecule has 5 aromatic rings. The molecule has 4 heterocycles. The van der Waals surface area contributed by atoms with Gasteiger partial charge < -0.3 is 20.9 Å². The lowest BCUT2D eigenvalue weighted by Crippen LogP contribution is -2.35. The molecule has 46 heavy (non-hydrogen) atoms. The fourth-order valence-corrected chi connectivity index (χ4v) is 5.92. The normalized spacial score (nSPS) is 14.2. The van der Waals surface area contributed by atoms with Crippen molar-refractivity contribution in [1.29, 1.82) is 0 Å². The zero-order chi connectivity index (χ0) is 32.0. The van der Waals surface area contributed by atoms with Crippen LogP contribution in [0.4, 0.5) is 11.9 Å². The van der Waals surface area contributed by atoms with E-state index in [0.29, 0.717) is 30.9 Å². The second kappa shape index (κ2) is 14.2. The fourth-order valence-electron chi connectivity index (χ4n) is 5.92. The van der Waals surface area contributed by atoms with E-state index in [1.165, 1.54) is 0 Å². The number of anilines is 2. The Bertz CT molecular complexity index is 1850. The average Bonchev–Trinajstić information content (AvgIpc) is 3.48. The van der Waals surface area contributed by atoms with E-state index in [4.69, 9.17) is 15.0 Å². The van der Waals surface area contributed by atoms with Crippen LogP contribution in [0, 0.1) is 0 Å². The molecule has 0 aliphatic carbocycles. The van der Waals surface area contributed by atoms with Gasteiger partial charge in [0, 0.05) is 48.3 Å². The minimum Gasteiger partial charge on any atom is -0.351 e. The molecule has 1 saturated heterocycles. The molecule has 6 rings (SSSR count). The molecule has 10 nitrogen and oxygen atoms in total. The second-order valence-electron chi connectivity index (χ2n) is 12.6. The lowest BCUT2D eigenvalue weighted by Gasteiger charge is -2.24. The van der Waals surface area contributed by atoms with Crippen LogP contribution in [0.1, 0.15) is 49.3 Å². The van der Waals surface area contributed by atoms with Gasteiger partial charge in [-0.1, -0.05) is 62.4 Å². The molecular weight excluding hydrogens is 574 g/mol. The van der Waals surface area contributed by atoms with Crippen molar-refractivity contribution in [2.24, 2.45) is 0 Å². The second-order valence-corrected chi connectivity index (χ2v) is 12.6. The van der Waals surface area contributed by atoms with E-state index in [2.05, 4.69) is 59.2 Å². The molecule has 0 spiro atoms. The summed E-state index contributed by atoms with van der Waals surface area (Å²) >= 11 is 0. The Kier molecular flexibility index (Phi) is 9.65. The van der Waals surface area contributed by atoms with Gasteiger partial charge in [-0.15, -0.1) is 0 Å². The van der Waals surface area contributed by atoms with Crippen LogP contribution in [0.3, 0.4) is 0 Å². The van der Waals surface area contributed by atoms with Crippen LogP contribution in [0.2, 0.25) is 0 Å². The van der Waals surface area contributed by atoms with Gasteiger partial charge in [0.15, 0.2) is 11.4 Å². The number of fused-ring (bicyclic) bond motifs is 2. The topological polar surface area (TPSA) is 112 Å². The summed E-state index contributed by atoms with van der Waals surface area (Å²) in [5.41, 5.74) is 5.92. The summed E-state index contributed by atoms with van der Waals surface area (Å²) in [6.07, 6.45) is 9.75. The van der Waals surface area contributed by atoms with Crippen LogP contribution in [-0.2, 0) is 17.8 Å². The summed E-state index contributed by atoms with van der Waals surface area (Å²) in [5, 5.41) is 17.3. The van der Waals surface area contributed by atoms with E-state index in [1.54, 1.807) is 10.6 Å². The highest BCUT2D eigenvalue weighted by atomic mass is 16.1. The van der Waals surface area contributed by atoms with Crippen molar-refractivity contribution in [3.8, 4) is 11.3 Å². The van der Waals surface area contributed by atoms with E-state index in [-0.39, 0.29) is 11.7 Å². The van der Waals surface area contributed by atoms with Gasteiger partial charge in [0.25, 0.3) is 0 Å². The number of ketones is 1. The number of allylic oxidation sites excluding steroid dienone is 1. The number of carbonyl (C=O) groups is 1. The first kappa shape index (κ1) is 31.3. The molecule has 0 bridgehead atoms. The largest absolute Gasteiger partial charge is 0.351 e. The van der Waals surface area contributed by atoms with Crippen LogP contribution < -0.4 is 16.0 Å². The SMILES string of the molecule is CC(C)c1cnn2c(NCc3ccccc3-c3nccc4cc(CC(=O)/C=C/CN(C)C)ccc34)nc(NC3CCNCC3)nc12. The number of rotatable bonds is 12. The van der Waals surface area contributed by atoms with Crippen molar-refractivity contribution in [2.45, 2.75) is 51.6 Å². The van der Waals surface area contributed by atoms with E-state index in [1.807, 2.05) is 61.7 Å². The van der Waals surface area contributed by atoms with Gasteiger partial charge in [0.1, 0.15) is 0 Å². The number of pyridine rings is 1. The molecule has 0 radical (unpaired) electrons. The highest BCUT2D eigenvalue weighted by Gasteiger charge is 2.19. The fraction of sp³-hybridized carbons (Fsp3) is 0.361. The van der Waals surface area contributed by atoms with Crippen molar-refractivity contribution >= 4 is 34.1 Å². The van der Waals surface area contributed by atoms with Crippen LogP contribution in [0.25, 0.3) is 27.7 Å². The minimum absolute atomic E-state index is 0.0949. The standard InChI is InChI=1S/C36H43N9O/c1-24(2)32-23-40-45-34(32)42-35(41-28-14-16-37-17-15-28)43-36(45)39-22-27-8-5-6-10-30(27)33-31-12-11-25(20-26(31)13-18-38-33)21-29(46)9-7-19-44(3)4/h5-13,18,20,23-24,28,37H,14-17,19,21-22H2,1-4H3,(H2,39,41,42,43)/b9-7+. The molecule has 3 aromatic heterocycles. The maximum absolute atomic E-state index is 12.5. The third-order valence-electron chi connectivity index (χ3n) is 8.38. The molecule has 10 heteroatoms. The lowest BCUT2D eigenvalue weighted by molar-refractivity contribution is -0.114. The molecule has 238 valence electrons. The summed E-state index contributed by atoms with van der Waals surface area (Å²) in [7, 11) is 3.97. The smallest absolute Gasteiger partial charge is 0.229 e. The quantitative estimate of drug-likeness (QED) is 0.157. The third-order valence-corrected chi connectivity index (χ3v) is 8.38. The number of nitrogens with zero attached hydrogens (tertiary/aromatic N) is 6. The van der Waals surface area contributed by atoms with Crippen molar-refractivity contribution in [1.82, 2.24) is 34.8 Å². The monoisotopic (exact) mass is 617 g/mol. The Morgan fingerprint density at radius 3 is 2.74 bits per heavy atom. The predicted octanol–water partition coefficient (Wildman–Crippen LogP) is 5.47. The van der Waals surface area contributed by atoms with Gasteiger partial charge in [-0.05, 0) is 74.6 Å². The van der Waals surface area contributed by atoms with Gasteiger partial charge in [0.05, 0.1) is 11.9 Å². The predicted molar refractivity (Wildman–Crippen MR) is 185 cm³/mol. The van der Waals surface area contributed by atoms with Crippen molar-refractivity contribution < 1.29 is 4.79 Å². The van der Waals surface area contributed by atoms with Gasteiger partial charge in [-0.2, -0.15) is 19.6 Å². The Morgan fingerprint density at radius 1 is 1.11 bits per heavy atom. The first-order valence-corrected chi connectivity index (χ1v) is 16.1. The highest BCUT2D eigenvalue weighted by molar-refractivity contribution is 5.97. The first-order chi connectivity index (χ1) is 22.4. The zero-order valence-electron chi connectivity index (χ0n) is 27.1. The number of carbonyl (C=O) groups excluding carboxylic acids is 1. The number of piperidine rings is 1. The Balaban J connectivity index is 1.27. The molecule has 1 aliphatic rings. The van der Waals surface area contributed by atoms with Gasteiger partial charge >= 0.3 is 0 Å². The van der Waals surface area contributed by atoms with Crippen LogP contribution in [-0.4, -0.2) is 75.0 Å². The molecule has 2 aromatic carbocycles. The van der Waals surface area contributed by atoms with Crippen LogP contribution >= 0.6 is 0 Å². The molecule has 1 aliphatic heterocycles. The van der Waals surface area contributed by atoms with Gasteiger partial charge in [-0.25, -0.2) is 0 Å². The average molecular weight is 618 g/mol. The zero-order valence-corrected chi connectivity index (χ0v) is 27.1. The van der Waals surface area contributed by atoms with Crippen molar-refractivity contribution in [2.75, 3.05) is 44.4 Å². The molecule has 0 amide bonds. The molecular formula is C36H43N9O.